The van der Waals surface area contributed by atoms with Gasteiger partial charge in [0.05, 0.1) is 10.0 Å². The third-order valence-electron chi connectivity index (χ3n) is 4.54. The van der Waals surface area contributed by atoms with E-state index in [-0.39, 0.29) is 15.8 Å². The molecule has 1 aliphatic heterocycles. The number of piperazine rings is 1. The smallest absolute Gasteiger partial charge is 0.254 e. The molecule has 0 aliphatic carbocycles. The van der Waals surface area contributed by atoms with Crippen molar-refractivity contribution in [1.29, 1.82) is 0 Å². The Hall–Kier alpha value is -1.87. The topological polar surface area (TPSA) is 73.8 Å². The van der Waals surface area contributed by atoms with Crippen molar-refractivity contribution in [3.05, 3.63) is 52.1 Å². The van der Waals surface area contributed by atoms with Crippen LogP contribution in [0.5, 0.6) is 0 Å². The van der Waals surface area contributed by atoms with Crippen molar-refractivity contribution in [3.63, 3.8) is 0 Å². The Kier molecular flexibility index (Phi) is 6.14. The highest BCUT2D eigenvalue weighted by molar-refractivity contribution is 7.89. The van der Waals surface area contributed by atoms with Crippen molar-refractivity contribution in [2.75, 3.05) is 45.2 Å². The molecule has 0 bridgehead atoms. The van der Waals surface area contributed by atoms with E-state index in [0.717, 1.165) is 10.1 Å². The maximum atomic E-state index is 12.9. The molecule has 1 saturated heterocycles. The van der Waals surface area contributed by atoms with E-state index < -0.39 is 10.0 Å². The summed E-state index contributed by atoms with van der Waals surface area (Å²) in [5, 5.41) is 0.660. The molecule has 1 aromatic heterocycles. The van der Waals surface area contributed by atoms with Crippen molar-refractivity contribution in [3.8, 4) is 0 Å². The van der Waals surface area contributed by atoms with Gasteiger partial charge in [0.25, 0.3) is 5.91 Å². The molecule has 150 valence electrons. The second kappa shape index (κ2) is 8.24. The lowest BCUT2D eigenvalue weighted by molar-refractivity contribution is 0.0746. The van der Waals surface area contributed by atoms with E-state index in [1.807, 2.05) is 6.07 Å². The SMILES string of the molecule is CN(C)S(=O)(=O)c1cc(C(=O)N2CCN(c3ccc(Cl)cn3)CC2)ccc1Cl. The molecule has 3 rings (SSSR count). The van der Waals surface area contributed by atoms with Crippen molar-refractivity contribution >= 4 is 45.0 Å². The van der Waals surface area contributed by atoms with E-state index in [1.54, 1.807) is 23.2 Å². The molecule has 1 fully saturated rings. The zero-order valence-electron chi connectivity index (χ0n) is 15.5. The van der Waals surface area contributed by atoms with Crippen LogP contribution in [-0.2, 0) is 10.0 Å². The lowest BCUT2D eigenvalue weighted by Gasteiger charge is -2.35. The van der Waals surface area contributed by atoms with Crippen LogP contribution in [0.1, 0.15) is 10.4 Å². The number of benzene rings is 1. The van der Waals surface area contributed by atoms with Gasteiger partial charge in [0.15, 0.2) is 0 Å². The highest BCUT2D eigenvalue weighted by Crippen LogP contribution is 2.26. The van der Waals surface area contributed by atoms with Crippen molar-refractivity contribution in [2.24, 2.45) is 0 Å². The van der Waals surface area contributed by atoms with Gasteiger partial charge in [-0.1, -0.05) is 23.2 Å². The summed E-state index contributed by atoms with van der Waals surface area (Å²) in [7, 11) is -0.898. The van der Waals surface area contributed by atoms with Crippen molar-refractivity contribution < 1.29 is 13.2 Å². The quantitative estimate of drug-likeness (QED) is 0.727. The highest BCUT2D eigenvalue weighted by atomic mass is 35.5. The van der Waals surface area contributed by atoms with E-state index in [9.17, 15) is 13.2 Å². The first-order chi connectivity index (χ1) is 13.2. The Balaban J connectivity index is 1.74. The summed E-state index contributed by atoms with van der Waals surface area (Å²) >= 11 is 11.9. The van der Waals surface area contributed by atoms with Crippen LogP contribution in [0.3, 0.4) is 0 Å². The average Bonchev–Trinajstić information content (AvgIpc) is 2.68. The van der Waals surface area contributed by atoms with Gasteiger partial charge in [0.1, 0.15) is 10.7 Å². The molecule has 28 heavy (non-hydrogen) atoms. The summed E-state index contributed by atoms with van der Waals surface area (Å²) in [4.78, 5) is 20.9. The van der Waals surface area contributed by atoms with Crippen LogP contribution in [-0.4, -0.2) is 68.8 Å². The fourth-order valence-electron chi connectivity index (χ4n) is 2.91. The van der Waals surface area contributed by atoms with Crippen molar-refractivity contribution in [1.82, 2.24) is 14.2 Å². The Morgan fingerprint density at radius 3 is 2.32 bits per heavy atom. The number of hydrogen-bond donors (Lipinski definition) is 0. The lowest BCUT2D eigenvalue weighted by atomic mass is 10.2. The van der Waals surface area contributed by atoms with Gasteiger partial charge in [-0.25, -0.2) is 17.7 Å². The number of anilines is 1. The molecule has 1 amide bonds. The number of halogens is 2. The van der Waals surface area contributed by atoms with E-state index in [4.69, 9.17) is 23.2 Å². The van der Waals surface area contributed by atoms with Gasteiger partial charge in [0, 0.05) is 52.0 Å². The minimum Gasteiger partial charge on any atom is -0.353 e. The third kappa shape index (κ3) is 4.25. The lowest BCUT2D eigenvalue weighted by Crippen LogP contribution is -2.49. The molecule has 10 heteroatoms. The van der Waals surface area contributed by atoms with E-state index in [2.05, 4.69) is 9.88 Å². The molecule has 0 spiro atoms. The summed E-state index contributed by atoms with van der Waals surface area (Å²) in [5.41, 5.74) is 0.294. The number of nitrogens with zero attached hydrogens (tertiary/aromatic N) is 4. The molecule has 0 unspecified atom stereocenters. The second-order valence-electron chi connectivity index (χ2n) is 6.55. The number of carbonyl (C=O) groups excluding carboxylic acids is 1. The normalized spacial score (nSPS) is 15.2. The second-order valence-corrected chi connectivity index (χ2v) is 9.51. The van der Waals surface area contributed by atoms with Gasteiger partial charge < -0.3 is 9.80 Å². The van der Waals surface area contributed by atoms with Crippen LogP contribution in [0.25, 0.3) is 0 Å². The van der Waals surface area contributed by atoms with E-state index in [1.165, 1.54) is 26.2 Å². The molecule has 0 radical (unpaired) electrons. The molecule has 7 nitrogen and oxygen atoms in total. The number of hydrogen-bond acceptors (Lipinski definition) is 5. The standard InChI is InChI=1S/C18H20Cl2N4O3S/c1-22(2)28(26,27)16-11-13(3-5-15(16)20)18(25)24-9-7-23(8-10-24)17-6-4-14(19)12-21-17/h3-6,11-12H,7-10H2,1-2H3. The minimum absolute atomic E-state index is 0.0750. The minimum atomic E-state index is -3.74. The zero-order chi connectivity index (χ0) is 20.5. The third-order valence-corrected chi connectivity index (χ3v) is 7.06. The van der Waals surface area contributed by atoms with E-state index >= 15 is 0 Å². The molecular formula is C18H20Cl2N4O3S. The number of rotatable bonds is 4. The van der Waals surface area contributed by atoms with Gasteiger partial charge in [0.2, 0.25) is 10.0 Å². The monoisotopic (exact) mass is 442 g/mol. The molecule has 0 atom stereocenters. The number of pyridine rings is 1. The summed E-state index contributed by atoms with van der Waals surface area (Å²) in [6.45, 7) is 2.25. The molecule has 0 saturated carbocycles. The maximum absolute atomic E-state index is 12.9. The molecule has 0 N–H and O–H groups in total. The van der Waals surface area contributed by atoms with Crippen LogP contribution >= 0.6 is 23.2 Å². The van der Waals surface area contributed by atoms with Gasteiger partial charge in [-0.3, -0.25) is 4.79 Å². The predicted molar refractivity (Wildman–Crippen MR) is 110 cm³/mol. The van der Waals surface area contributed by atoms with Gasteiger partial charge in [-0.2, -0.15) is 0 Å². The Morgan fingerprint density at radius 1 is 1.07 bits per heavy atom. The Bertz CT molecular complexity index is 973. The van der Waals surface area contributed by atoms with Crippen molar-refractivity contribution in [2.45, 2.75) is 4.90 Å². The molecule has 1 aromatic carbocycles. The van der Waals surface area contributed by atoms with Crippen LogP contribution in [0, 0.1) is 0 Å². The molecule has 2 heterocycles. The fraction of sp³-hybridized carbons (Fsp3) is 0.333. The molecular weight excluding hydrogens is 423 g/mol. The Morgan fingerprint density at radius 2 is 1.75 bits per heavy atom. The fourth-order valence-corrected chi connectivity index (χ4v) is 4.41. The van der Waals surface area contributed by atoms with Gasteiger partial charge in [-0.15, -0.1) is 0 Å². The molecule has 1 aliphatic rings. The van der Waals surface area contributed by atoms with Crippen LogP contribution in [0.4, 0.5) is 5.82 Å². The van der Waals surface area contributed by atoms with Crippen LogP contribution < -0.4 is 4.90 Å². The van der Waals surface area contributed by atoms with E-state index in [0.29, 0.717) is 36.8 Å². The van der Waals surface area contributed by atoms with Gasteiger partial charge >= 0.3 is 0 Å². The van der Waals surface area contributed by atoms with Gasteiger partial charge in [-0.05, 0) is 30.3 Å². The van der Waals surface area contributed by atoms with Crippen LogP contribution in [0.15, 0.2) is 41.4 Å². The molecule has 2 aromatic rings. The zero-order valence-corrected chi connectivity index (χ0v) is 17.8. The Labute approximate surface area is 174 Å². The summed E-state index contributed by atoms with van der Waals surface area (Å²) in [6.07, 6.45) is 1.59. The highest BCUT2D eigenvalue weighted by Gasteiger charge is 2.26. The largest absolute Gasteiger partial charge is 0.353 e. The first-order valence-electron chi connectivity index (χ1n) is 8.58. The maximum Gasteiger partial charge on any atom is 0.254 e. The summed E-state index contributed by atoms with van der Waals surface area (Å²) in [5.74, 6) is 0.581. The summed E-state index contributed by atoms with van der Waals surface area (Å²) in [6, 6.07) is 7.96. The number of amides is 1. The number of sulfonamides is 1. The number of aromatic nitrogens is 1. The predicted octanol–water partition coefficient (Wildman–Crippen LogP) is 2.60. The average molecular weight is 443 g/mol. The first kappa shape index (κ1) is 20.9. The first-order valence-corrected chi connectivity index (χ1v) is 10.8. The van der Waals surface area contributed by atoms with Crippen LogP contribution in [0.2, 0.25) is 10.0 Å². The number of carbonyl (C=O) groups is 1. The summed E-state index contributed by atoms with van der Waals surface area (Å²) < 4.78 is 25.9.